The average Bonchev–Trinajstić information content (AvgIpc) is 2.52. The molecule has 122 valence electrons. The zero-order chi connectivity index (χ0) is 16.7. The van der Waals surface area contributed by atoms with Crippen molar-refractivity contribution in [3.8, 4) is 11.5 Å². The Morgan fingerprint density at radius 3 is 2.18 bits per heavy atom. The van der Waals surface area contributed by atoms with Crippen molar-refractivity contribution in [3.05, 3.63) is 18.2 Å². The Bertz CT molecular complexity index is 527. The number of methoxy groups -OCH3 is 2. The number of anilines is 1. The molecule has 0 saturated carbocycles. The van der Waals surface area contributed by atoms with E-state index in [0.717, 1.165) is 0 Å². The number of nitrogens with zero attached hydrogens (tertiary/aromatic N) is 2. The Kier molecular flexibility index (Phi) is 6.69. The van der Waals surface area contributed by atoms with Crippen LogP contribution in [0.3, 0.4) is 0 Å². The van der Waals surface area contributed by atoms with Crippen molar-refractivity contribution < 1.29 is 19.1 Å². The first-order chi connectivity index (χ1) is 10.5. The highest BCUT2D eigenvalue weighted by atomic mass is 16.5. The first-order valence-electron chi connectivity index (χ1n) is 7.26. The Labute approximate surface area is 131 Å². The Morgan fingerprint density at radius 2 is 1.73 bits per heavy atom. The van der Waals surface area contributed by atoms with Crippen LogP contribution < -0.4 is 14.4 Å². The normalized spacial score (nSPS) is 10.0. The molecule has 6 nitrogen and oxygen atoms in total. The van der Waals surface area contributed by atoms with Crippen molar-refractivity contribution >= 4 is 17.5 Å². The van der Waals surface area contributed by atoms with Gasteiger partial charge in [-0.05, 0) is 26.0 Å². The molecule has 1 aromatic carbocycles. The molecule has 0 unspecified atom stereocenters. The van der Waals surface area contributed by atoms with Crippen molar-refractivity contribution in [1.29, 1.82) is 0 Å². The summed E-state index contributed by atoms with van der Waals surface area (Å²) >= 11 is 0. The molecule has 0 aliphatic carbocycles. The van der Waals surface area contributed by atoms with Crippen LogP contribution >= 0.6 is 0 Å². The van der Waals surface area contributed by atoms with Crippen molar-refractivity contribution in [3.63, 3.8) is 0 Å². The van der Waals surface area contributed by atoms with Gasteiger partial charge in [0.15, 0.2) is 0 Å². The van der Waals surface area contributed by atoms with Crippen LogP contribution in [0.1, 0.15) is 20.8 Å². The minimum atomic E-state index is -0.219. The fourth-order valence-corrected chi connectivity index (χ4v) is 2.19. The number of ether oxygens (including phenoxy) is 2. The first kappa shape index (κ1) is 17.8. The van der Waals surface area contributed by atoms with Gasteiger partial charge in [0.25, 0.3) is 0 Å². The van der Waals surface area contributed by atoms with Crippen molar-refractivity contribution in [2.24, 2.45) is 0 Å². The van der Waals surface area contributed by atoms with E-state index in [9.17, 15) is 9.59 Å². The molecule has 0 heterocycles. The summed E-state index contributed by atoms with van der Waals surface area (Å²) in [5.41, 5.74) is 0.552. The monoisotopic (exact) mass is 308 g/mol. The summed E-state index contributed by atoms with van der Waals surface area (Å²) in [7, 11) is 3.07. The molecule has 22 heavy (non-hydrogen) atoms. The summed E-state index contributed by atoms with van der Waals surface area (Å²) in [6.45, 7) is 6.46. The lowest BCUT2D eigenvalue weighted by atomic mass is 10.2. The number of benzene rings is 1. The molecule has 0 radical (unpaired) electrons. The van der Waals surface area contributed by atoms with Gasteiger partial charge in [0, 0.05) is 26.1 Å². The van der Waals surface area contributed by atoms with Gasteiger partial charge in [0.2, 0.25) is 11.8 Å². The SMILES string of the molecule is CCN(CC)C(=O)CN(C(C)=O)c1ccc(OC)cc1OC. The second kappa shape index (κ2) is 8.26. The first-order valence-corrected chi connectivity index (χ1v) is 7.26. The fourth-order valence-electron chi connectivity index (χ4n) is 2.19. The standard InChI is InChI=1S/C16H24N2O4/c1-6-17(7-2)16(20)11-18(12(3)19)14-9-8-13(21-4)10-15(14)22-5/h8-10H,6-7,11H2,1-5H3. The lowest BCUT2D eigenvalue weighted by molar-refractivity contribution is -0.130. The summed E-state index contributed by atoms with van der Waals surface area (Å²) in [6, 6.07) is 5.14. The van der Waals surface area contributed by atoms with Crippen molar-refractivity contribution in [2.45, 2.75) is 20.8 Å². The Morgan fingerprint density at radius 1 is 1.09 bits per heavy atom. The summed E-state index contributed by atoms with van der Waals surface area (Å²) < 4.78 is 10.5. The quantitative estimate of drug-likeness (QED) is 0.772. The Balaban J connectivity index is 3.11. The van der Waals surface area contributed by atoms with E-state index in [1.807, 2.05) is 13.8 Å². The number of likely N-dealkylation sites (N-methyl/N-ethyl adjacent to an activating group) is 1. The van der Waals surface area contributed by atoms with E-state index in [4.69, 9.17) is 9.47 Å². The molecular weight excluding hydrogens is 284 g/mol. The minimum Gasteiger partial charge on any atom is -0.497 e. The van der Waals surface area contributed by atoms with Crippen LogP contribution in [-0.4, -0.2) is 50.6 Å². The maximum atomic E-state index is 12.3. The van der Waals surface area contributed by atoms with Crippen molar-refractivity contribution in [1.82, 2.24) is 4.90 Å². The molecule has 0 aromatic heterocycles. The molecule has 0 bridgehead atoms. The van der Waals surface area contributed by atoms with E-state index in [1.54, 1.807) is 30.2 Å². The molecule has 0 fully saturated rings. The summed E-state index contributed by atoms with van der Waals surface area (Å²) in [6.07, 6.45) is 0. The zero-order valence-electron chi connectivity index (χ0n) is 13.9. The van der Waals surface area contributed by atoms with Gasteiger partial charge in [-0.1, -0.05) is 0 Å². The molecule has 1 aromatic rings. The van der Waals surface area contributed by atoms with Gasteiger partial charge in [-0.3, -0.25) is 14.5 Å². The van der Waals surface area contributed by atoms with E-state index in [1.165, 1.54) is 18.9 Å². The second-order valence-corrected chi connectivity index (χ2v) is 4.71. The van der Waals surface area contributed by atoms with Crippen LogP contribution in [0.5, 0.6) is 11.5 Å². The lowest BCUT2D eigenvalue weighted by Gasteiger charge is -2.26. The largest absolute Gasteiger partial charge is 0.497 e. The van der Waals surface area contributed by atoms with Crippen LogP contribution in [0.2, 0.25) is 0 Å². The molecular formula is C16H24N2O4. The third-order valence-electron chi connectivity index (χ3n) is 3.47. The summed E-state index contributed by atoms with van der Waals surface area (Å²) in [5, 5.41) is 0. The van der Waals surface area contributed by atoms with Crippen LogP contribution in [0, 0.1) is 0 Å². The molecule has 0 aliphatic rings. The highest BCUT2D eigenvalue weighted by Crippen LogP contribution is 2.32. The molecule has 0 atom stereocenters. The predicted octanol–water partition coefficient (Wildman–Crippen LogP) is 1.93. The smallest absolute Gasteiger partial charge is 0.242 e. The highest BCUT2D eigenvalue weighted by molar-refractivity contribution is 5.98. The van der Waals surface area contributed by atoms with Gasteiger partial charge < -0.3 is 14.4 Å². The number of carbonyl (C=O) groups excluding carboxylic acids is 2. The number of hydrogen-bond donors (Lipinski definition) is 0. The van der Waals surface area contributed by atoms with Gasteiger partial charge in [-0.25, -0.2) is 0 Å². The maximum absolute atomic E-state index is 12.3. The predicted molar refractivity (Wildman–Crippen MR) is 85.5 cm³/mol. The maximum Gasteiger partial charge on any atom is 0.242 e. The average molecular weight is 308 g/mol. The third kappa shape index (κ3) is 4.13. The third-order valence-corrected chi connectivity index (χ3v) is 3.47. The number of rotatable bonds is 7. The van der Waals surface area contributed by atoms with Crippen LogP contribution in [0.15, 0.2) is 18.2 Å². The molecule has 0 spiro atoms. The molecule has 0 saturated heterocycles. The van der Waals surface area contributed by atoms with Crippen LogP contribution in [0.25, 0.3) is 0 Å². The van der Waals surface area contributed by atoms with Gasteiger partial charge in [0.05, 0.1) is 19.9 Å². The zero-order valence-corrected chi connectivity index (χ0v) is 13.9. The van der Waals surface area contributed by atoms with E-state index < -0.39 is 0 Å². The summed E-state index contributed by atoms with van der Waals surface area (Å²) in [5.74, 6) is 0.795. The van der Waals surface area contributed by atoms with Crippen LogP contribution in [0.4, 0.5) is 5.69 Å². The molecule has 0 aliphatic heterocycles. The van der Waals surface area contributed by atoms with Gasteiger partial charge >= 0.3 is 0 Å². The molecule has 2 amide bonds. The van der Waals surface area contributed by atoms with Gasteiger partial charge in [-0.2, -0.15) is 0 Å². The van der Waals surface area contributed by atoms with Crippen molar-refractivity contribution in [2.75, 3.05) is 38.8 Å². The number of hydrogen-bond acceptors (Lipinski definition) is 4. The van der Waals surface area contributed by atoms with Gasteiger partial charge in [0.1, 0.15) is 18.0 Å². The molecule has 1 rings (SSSR count). The highest BCUT2D eigenvalue weighted by Gasteiger charge is 2.22. The molecule has 0 N–H and O–H groups in total. The fraction of sp³-hybridized carbons (Fsp3) is 0.500. The lowest BCUT2D eigenvalue weighted by Crippen LogP contribution is -2.42. The number of carbonyl (C=O) groups is 2. The van der Waals surface area contributed by atoms with Crippen LogP contribution in [-0.2, 0) is 9.59 Å². The Hall–Kier alpha value is -2.24. The topological polar surface area (TPSA) is 59.1 Å². The van der Waals surface area contributed by atoms with E-state index in [-0.39, 0.29) is 18.4 Å². The second-order valence-electron chi connectivity index (χ2n) is 4.71. The van der Waals surface area contributed by atoms with E-state index in [0.29, 0.717) is 30.3 Å². The molecule has 6 heteroatoms. The van der Waals surface area contributed by atoms with E-state index >= 15 is 0 Å². The van der Waals surface area contributed by atoms with E-state index in [2.05, 4.69) is 0 Å². The minimum absolute atomic E-state index is 0.0142. The number of amides is 2. The van der Waals surface area contributed by atoms with Gasteiger partial charge in [-0.15, -0.1) is 0 Å². The summed E-state index contributed by atoms with van der Waals surface area (Å²) in [4.78, 5) is 27.4.